The van der Waals surface area contributed by atoms with Crippen LogP contribution in [-0.4, -0.2) is 23.5 Å². The summed E-state index contributed by atoms with van der Waals surface area (Å²) in [6.45, 7) is 0.868. The monoisotopic (exact) mass is 197 g/mol. The van der Waals surface area contributed by atoms with Crippen LogP contribution in [0.4, 0.5) is 0 Å². The fraction of sp³-hybridized carbons (Fsp3) is 0.700. The molecule has 1 heterocycles. The number of carbonyl (C=O) groups is 1. The molecule has 3 heteroatoms. The third kappa shape index (κ3) is 2.27. The highest BCUT2D eigenvalue weighted by atomic mass is 32.2. The van der Waals surface area contributed by atoms with Crippen molar-refractivity contribution in [3.63, 3.8) is 0 Å². The predicted molar refractivity (Wildman–Crippen MR) is 55.8 cm³/mol. The average molecular weight is 197 g/mol. The van der Waals surface area contributed by atoms with Crippen molar-refractivity contribution in [1.29, 1.82) is 0 Å². The molecule has 1 saturated carbocycles. The first-order valence-corrected chi connectivity index (χ1v) is 5.98. The zero-order valence-corrected chi connectivity index (χ0v) is 8.53. The first-order chi connectivity index (χ1) is 6.36. The van der Waals surface area contributed by atoms with Gasteiger partial charge in [0.2, 0.25) is 5.91 Å². The van der Waals surface area contributed by atoms with Crippen molar-refractivity contribution < 1.29 is 4.79 Å². The molecule has 2 rings (SSSR count). The van der Waals surface area contributed by atoms with Crippen LogP contribution in [0.15, 0.2) is 11.6 Å². The van der Waals surface area contributed by atoms with Gasteiger partial charge in [0.05, 0.1) is 5.25 Å². The molecule has 72 valence electrons. The zero-order valence-electron chi connectivity index (χ0n) is 7.71. The van der Waals surface area contributed by atoms with Crippen LogP contribution >= 0.6 is 11.8 Å². The van der Waals surface area contributed by atoms with Crippen molar-refractivity contribution in [1.82, 2.24) is 5.32 Å². The van der Waals surface area contributed by atoms with Gasteiger partial charge in [-0.25, -0.2) is 0 Å². The molecule has 1 unspecified atom stereocenters. The van der Waals surface area contributed by atoms with E-state index in [0.717, 1.165) is 18.7 Å². The summed E-state index contributed by atoms with van der Waals surface area (Å²) in [5.41, 5.74) is 1.59. The fourth-order valence-corrected chi connectivity index (χ4v) is 2.68. The molecule has 13 heavy (non-hydrogen) atoms. The van der Waals surface area contributed by atoms with E-state index in [9.17, 15) is 4.79 Å². The summed E-state index contributed by atoms with van der Waals surface area (Å²) in [6, 6.07) is 0. The maximum Gasteiger partial charge on any atom is 0.233 e. The molecule has 1 saturated heterocycles. The van der Waals surface area contributed by atoms with Gasteiger partial charge in [0.1, 0.15) is 0 Å². The lowest BCUT2D eigenvalue weighted by Gasteiger charge is -2.16. The van der Waals surface area contributed by atoms with Crippen LogP contribution in [0.25, 0.3) is 0 Å². The smallest absolute Gasteiger partial charge is 0.233 e. The molecule has 0 bridgehead atoms. The second-order valence-corrected chi connectivity index (χ2v) is 4.85. The second kappa shape index (κ2) is 4.18. The number of hydrogen-bond donors (Lipinski definition) is 1. The van der Waals surface area contributed by atoms with E-state index in [0.29, 0.717) is 0 Å². The maximum absolute atomic E-state index is 11.2. The van der Waals surface area contributed by atoms with E-state index >= 15 is 0 Å². The van der Waals surface area contributed by atoms with Crippen LogP contribution in [-0.2, 0) is 4.79 Å². The highest BCUT2D eigenvalue weighted by molar-refractivity contribution is 8.00. The molecule has 2 aliphatic rings. The Morgan fingerprint density at radius 3 is 2.92 bits per heavy atom. The Hall–Kier alpha value is -0.440. The highest BCUT2D eigenvalue weighted by Crippen LogP contribution is 2.27. The molecule has 1 N–H and O–H groups in total. The Morgan fingerprint density at radius 1 is 1.54 bits per heavy atom. The van der Waals surface area contributed by atoms with Gasteiger partial charge in [0.25, 0.3) is 0 Å². The van der Waals surface area contributed by atoms with Crippen molar-refractivity contribution in [2.24, 2.45) is 0 Å². The third-order valence-corrected chi connectivity index (χ3v) is 3.87. The van der Waals surface area contributed by atoms with Crippen LogP contribution < -0.4 is 5.32 Å². The first kappa shape index (κ1) is 9.13. The summed E-state index contributed by atoms with van der Waals surface area (Å²) >= 11 is 1.78. The van der Waals surface area contributed by atoms with Gasteiger partial charge in [-0.3, -0.25) is 4.79 Å². The summed E-state index contributed by atoms with van der Waals surface area (Å²) in [7, 11) is 0. The topological polar surface area (TPSA) is 29.1 Å². The lowest BCUT2D eigenvalue weighted by Crippen LogP contribution is -2.20. The van der Waals surface area contributed by atoms with E-state index in [-0.39, 0.29) is 11.2 Å². The Morgan fingerprint density at radius 2 is 2.38 bits per heavy atom. The molecular formula is C10H15NOS. The van der Waals surface area contributed by atoms with E-state index < -0.39 is 0 Å². The van der Waals surface area contributed by atoms with Crippen LogP contribution in [0.5, 0.6) is 0 Å². The summed E-state index contributed by atoms with van der Waals surface area (Å²) < 4.78 is 0. The van der Waals surface area contributed by atoms with Crippen LogP contribution in [0.2, 0.25) is 0 Å². The summed E-state index contributed by atoms with van der Waals surface area (Å²) in [5, 5.41) is 3.07. The Labute approximate surface area is 83.2 Å². The normalized spacial score (nSPS) is 26.9. The van der Waals surface area contributed by atoms with Gasteiger partial charge in [0, 0.05) is 12.3 Å². The number of hydrogen-bond acceptors (Lipinski definition) is 2. The fourth-order valence-electron chi connectivity index (χ4n) is 1.60. The first-order valence-electron chi connectivity index (χ1n) is 4.93. The molecule has 1 aliphatic carbocycles. The number of thioether (sulfide) groups is 1. The Kier molecular flexibility index (Phi) is 2.94. The molecule has 2 nitrogen and oxygen atoms in total. The molecule has 1 aliphatic heterocycles. The number of nitrogens with one attached hydrogen (secondary N) is 1. The van der Waals surface area contributed by atoms with Crippen LogP contribution in [0.1, 0.15) is 25.7 Å². The van der Waals surface area contributed by atoms with E-state index in [1.165, 1.54) is 19.3 Å². The second-order valence-electron chi connectivity index (χ2n) is 3.62. The van der Waals surface area contributed by atoms with Gasteiger partial charge >= 0.3 is 0 Å². The quantitative estimate of drug-likeness (QED) is 0.698. The number of amides is 1. The maximum atomic E-state index is 11.2. The van der Waals surface area contributed by atoms with Crippen molar-refractivity contribution in [3.8, 4) is 0 Å². The Balaban J connectivity index is 1.69. The van der Waals surface area contributed by atoms with E-state index in [1.807, 2.05) is 0 Å². The van der Waals surface area contributed by atoms with E-state index in [4.69, 9.17) is 0 Å². The highest BCUT2D eigenvalue weighted by Gasteiger charge is 2.23. The molecule has 0 radical (unpaired) electrons. The van der Waals surface area contributed by atoms with Gasteiger partial charge < -0.3 is 5.32 Å². The standard InChI is InChI=1S/C10H15NOS/c12-10-9(4-6-11-10)13-7-5-8-2-1-3-8/h5,9H,1-4,6-7H2,(H,11,12). The minimum Gasteiger partial charge on any atom is -0.355 e. The molecule has 1 amide bonds. The summed E-state index contributed by atoms with van der Waals surface area (Å²) in [5.74, 6) is 1.25. The van der Waals surface area contributed by atoms with Crippen LogP contribution in [0, 0.1) is 0 Å². The van der Waals surface area contributed by atoms with E-state index in [1.54, 1.807) is 17.3 Å². The minimum absolute atomic E-state index is 0.219. The van der Waals surface area contributed by atoms with Gasteiger partial charge in [-0.2, -0.15) is 0 Å². The SMILES string of the molecule is O=C1NCCC1SCC=C1CCC1. The summed E-state index contributed by atoms with van der Waals surface area (Å²) in [6.07, 6.45) is 7.25. The molecule has 0 aromatic heterocycles. The molecular weight excluding hydrogens is 182 g/mol. The van der Waals surface area contributed by atoms with E-state index in [2.05, 4.69) is 11.4 Å². The third-order valence-electron chi connectivity index (χ3n) is 2.66. The van der Waals surface area contributed by atoms with Gasteiger partial charge in [0.15, 0.2) is 0 Å². The molecule has 0 spiro atoms. The van der Waals surface area contributed by atoms with Crippen molar-refractivity contribution in [2.75, 3.05) is 12.3 Å². The number of carbonyl (C=O) groups excluding carboxylic acids is 1. The van der Waals surface area contributed by atoms with Gasteiger partial charge in [-0.05, 0) is 25.7 Å². The van der Waals surface area contributed by atoms with Crippen LogP contribution in [0.3, 0.4) is 0 Å². The largest absolute Gasteiger partial charge is 0.355 e. The van der Waals surface area contributed by atoms with Crippen molar-refractivity contribution in [3.05, 3.63) is 11.6 Å². The summed E-state index contributed by atoms with van der Waals surface area (Å²) in [4.78, 5) is 11.2. The van der Waals surface area contributed by atoms with Crippen molar-refractivity contribution >= 4 is 17.7 Å². The number of rotatable bonds is 3. The van der Waals surface area contributed by atoms with Gasteiger partial charge in [-0.15, -0.1) is 11.8 Å². The number of allylic oxidation sites excluding steroid dienone is 1. The molecule has 0 aromatic rings. The average Bonchev–Trinajstić information content (AvgIpc) is 2.42. The molecule has 1 atom stereocenters. The Bertz CT molecular complexity index is 231. The van der Waals surface area contributed by atoms with Crippen molar-refractivity contribution in [2.45, 2.75) is 30.9 Å². The molecule has 0 aromatic carbocycles. The predicted octanol–water partition coefficient (Wildman–Crippen LogP) is 1.72. The minimum atomic E-state index is 0.219. The molecule has 2 fully saturated rings. The lowest BCUT2D eigenvalue weighted by molar-refractivity contribution is -0.118. The van der Waals surface area contributed by atoms with Gasteiger partial charge in [-0.1, -0.05) is 11.6 Å². The lowest BCUT2D eigenvalue weighted by atomic mass is 9.93. The zero-order chi connectivity index (χ0) is 9.10.